The number of amides is 1. The second-order valence-corrected chi connectivity index (χ2v) is 7.18. The molecule has 2 aromatic carbocycles. The molecule has 13 heteroatoms. The Balaban J connectivity index is 2.60. The van der Waals surface area contributed by atoms with Crippen LogP contribution < -0.4 is 19.9 Å². The van der Waals surface area contributed by atoms with Gasteiger partial charge in [-0.2, -0.15) is 0 Å². The quantitative estimate of drug-likeness (QED) is 0.291. The molecule has 162 valence electrons. The molecule has 0 aliphatic heterocycles. The molecule has 7 nitrogen and oxygen atoms in total. The molecule has 0 bridgehead atoms. The lowest BCUT2D eigenvalue weighted by Gasteiger charge is -2.13. The monoisotopic (exact) mass is 452 g/mol. The van der Waals surface area contributed by atoms with Crippen LogP contribution in [0, 0.1) is 29.1 Å². The zero-order valence-corrected chi connectivity index (χ0v) is 16.0. The molecule has 0 radical (unpaired) electrons. The van der Waals surface area contributed by atoms with Crippen molar-refractivity contribution in [3.05, 3.63) is 57.8 Å². The molecule has 2 rings (SSSR count). The Morgan fingerprint density at radius 2 is 1.43 bits per heavy atom. The number of hydrogen-bond acceptors (Lipinski definition) is 5. The molecule has 0 saturated carbocycles. The summed E-state index contributed by atoms with van der Waals surface area (Å²) in [6.45, 7) is 0. The van der Waals surface area contributed by atoms with Crippen LogP contribution in [-0.4, -0.2) is 28.5 Å². The Morgan fingerprint density at radius 3 is 1.90 bits per heavy atom. The summed E-state index contributed by atoms with van der Waals surface area (Å²) in [4.78, 5) is 10.1. The highest BCUT2D eigenvalue weighted by molar-refractivity contribution is 7.97. The highest BCUT2D eigenvalue weighted by Crippen LogP contribution is 2.31. The molecular formula is C17H13F5N2O5S. The van der Waals surface area contributed by atoms with Gasteiger partial charge in [-0.3, -0.25) is 9.52 Å². The fourth-order valence-corrected chi connectivity index (χ4v) is 3.36. The fourth-order valence-electron chi connectivity index (χ4n) is 2.27. The Bertz CT molecular complexity index is 1120. The number of nitrogens with one attached hydrogen (secondary N) is 1. The number of benzene rings is 2. The number of methoxy groups -OCH3 is 2. The first-order chi connectivity index (χ1) is 13.9. The van der Waals surface area contributed by atoms with Crippen LogP contribution in [0.3, 0.4) is 0 Å². The van der Waals surface area contributed by atoms with Crippen molar-refractivity contribution in [2.75, 3.05) is 18.9 Å². The zero-order valence-electron chi connectivity index (χ0n) is 15.2. The summed E-state index contributed by atoms with van der Waals surface area (Å²) in [5.41, 5.74) is 3.12. The minimum atomic E-state index is -4.92. The van der Waals surface area contributed by atoms with Gasteiger partial charge in [0.15, 0.2) is 39.7 Å². The first kappa shape index (κ1) is 22.9. The Labute approximate surface area is 166 Å². The fraction of sp³-hybridized carbons (Fsp3) is 0.118. The van der Waals surface area contributed by atoms with Crippen molar-refractivity contribution in [1.82, 2.24) is 0 Å². The van der Waals surface area contributed by atoms with Gasteiger partial charge in [0.2, 0.25) is 5.82 Å². The van der Waals surface area contributed by atoms with Gasteiger partial charge in [0.25, 0.3) is 15.9 Å². The topological polar surface area (TPSA) is 108 Å². The Kier molecular flexibility index (Phi) is 6.55. The van der Waals surface area contributed by atoms with E-state index in [0.717, 1.165) is 6.07 Å². The van der Waals surface area contributed by atoms with Crippen molar-refractivity contribution >= 4 is 27.7 Å². The summed E-state index contributed by atoms with van der Waals surface area (Å²) < 4.78 is 104. The van der Waals surface area contributed by atoms with Crippen LogP contribution in [-0.2, 0) is 14.8 Å². The highest BCUT2D eigenvalue weighted by atomic mass is 32.2. The van der Waals surface area contributed by atoms with Crippen molar-refractivity contribution in [2.45, 2.75) is 0 Å². The van der Waals surface area contributed by atoms with Gasteiger partial charge < -0.3 is 15.2 Å². The van der Waals surface area contributed by atoms with E-state index in [1.165, 1.54) is 26.4 Å². The number of anilines is 1. The van der Waals surface area contributed by atoms with Gasteiger partial charge in [-0.25, -0.2) is 30.4 Å². The van der Waals surface area contributed by atoms with E-state index in [2.05, 4.69) is 0 Å². The predicted molar refractivity (Wildman–Crippen MR) is 95.5 cm³/mol. The smallest absolute Gasteiger partial charge is 0.267 e. The largest absolute Gasteiger partial charge is 0.493 e. The van der Waals surface area contributed by atoms with Crippen LogP contribution in [0.4, 0.5) is 27.6 Å². The highest BCUT2D eigenvalue weighted by Gasteiger charge is 2.29. The minimum Gasteiger partial charge on any atom is -0.493 e. The SMILES string of the molecule is COc1ccc(NS(=O)(=O)/C(=C/c2c(F)c(F)c(F)c(F)c2F)C(N)=O)cc1OC. The summed E-state index contributed by atoms with van der Waals surface area (Å²) >= 11 is 0. The summed E-state index contributed by atoms with van der Waals surface area (Å²) in [6, 6.07) is 3.64. The van der Waals surface area contributed by atoms with E-state index in [4.69, 9.17) is 15.2 Å². The number of rotatable bonds is 7. The van der Waals surface area contributed by atoms with E-state index in [1.54, 1.807) is 0 Å². The zero-order chi connectivity index (χ0) is 22.8. The second kappa shape index (κ2) is 8.57. The van der Waals surface area contributed by atoms with Gasteiger partial charge in [0.1, 0.15) is 0 Å². The van der Waals surface area contributed by atoms with Gasteiger partial charge >= 0.3 is 0 Å². The molecule has 1 amide bonds. The van der Waals surface area contributed by atoms with Gasteiger partial charge in [0.05, 0.1) is 25.5 Å². The number of carbonyl (C=O) groups excluding carboxylic acids is 1. The first-order valence-corrected chi connectivity index (χ1v) is 9.20. The molecule has 0 atom stereocenters. The summed E-state index contributed by atoms with van der Waals surface area (Å²) in [7, 11) is -2.34. The normalized spacial score (nSPS) is 11.9. The molecule has 30 heavy (non-hydrogen) atoms. The third-order valence-corrected chi connectivity index (χ3v) is 5.09. The third-order valence-electron chi connectivity index (χ3n) is 3.69. The van der Waals surface area contributed by atoms with Crippen molar-refractivity contribution in [3.8, 4) is 11.5 Å². The standard InChI is InChI=1S/C17H13F5N2O5S/c1-28-9-4-3-7(5-10(9)29-2)24-30(26,27)11(17(23)25)6-8-12(18)14(20)16(22)15(21)13(8)19/h3-6,24H,1-2H3,(H2,23,25)/b11-6+. The number of nitrogens with two attached hydrogens (primary N) is 1. The molecule has 0 unspecified atom stereocenters. The van der Waals surface area contributed by atoms with E-state index in [0.29, 0.717) is 0 Å². The molecule has 0 aliphatic rings. The average molecular weight is 452 g/mol. The Morgan fingerprint density at radius 1 is 0.933 bits per heavy atom. The van der Waals surface area contributed by atoms with Gasteiger partial charge in [-0.15, -0.1) is 0 Å². The van der Waals surface area contributed by atoms with E-state index < -0.39 is 55.5 Å². The summed E-state index contributed by atoms with van der Waals surface area (Å²) in [5, 5.41) is 0. The molecule has 3 N–H and O–H groups in total. The summed E-state index contributed by atoms with van der Waals surface area (Å²) in [6.07, 6.45) is -0.0539. The van der Waals surface area contributed by atoms with Gasteiger partial charge in [-0.1, -0.05) is 0 Å². The molecule has 0 aliphatic carbocycles. The molecule has 0 saturated heterocycles. The Hall–Kier alpha value is -3.35. The van der Waals surface area contributed by atoms with Crippen LogP contribution in [0.15, 0.2) is 23.1 Å². The summed E-state index contributed by atoms with van der Waals surface area (Å²) in [5.74, 6) is -13.2. The lowest BCUT2D eigenvalue weighted by molar-refractivity contribution is -0.113. The minimum absolute atomic E-state index is 0.0539. The second-order valence-electron chi connectivity index (χ2n) is 5.53. The molecule has 0 spiro atoms. The van der Waals surface area contributed by atoms with Crippen LogP contribution in [0.25, 0.3) is 6.08 Å². The number of carbonyl (C=O) groups is 1. The molecule has 0 aromatic heterocycles. The molecular weight excluding hydrogens is 439 g/mol. The number of halogens is 5. The maximum absolute atomic E-state index is 13.9. The van der Waals surface area contributed by atoms with Crippen LogP contribution in [0.1, 0.15) is 5.56 Å². The predicted octanol–water partition coefficient (Wildman–Crippen LogP) is 2.67. The number of primary amides is 1. The van der Waals surface area contributed by atoms with Crippen LogP contribution in [0.2, 0.25) is 0 Å². The van der Waals surface area contributed by atoms with E-state index in [9.17, 15) is 35.2 Å². The van der Waals surface area contributed by atoms with E-state index in [1.807, 2.05) is 4.72 Å². The number of hydrogen-bond donors (Lipinski definition) is 2. The lowest BCUT2D eigenvalue weighted by Crippen LogP contribution is -2.26. The molecule has 0 fully saturated rings. The van der Waals surface area contributed by atoms with Crippen molar-refractivity contribution < 1.29 is 44.6 Å². The van der Waals surface area contributed by atoms with Gasteiger partial charge in [-0.05, 0) is 18.2 Å². The molecule has 2 aromatic rings. The third kappa shape index (κ3) is 4.30. The van der Waals surface area contributed by atoms with E-state index in [-0.39, 0.29) is 23.3 Å². The lowest BCUT2D eigenvalue weighted by atomic mass is 10.1. The first-order valence-electron chi connectivity index (χ1n) is 7.72. The molecule has 0 heterocycles. The van der Waals surface area contributed by atoms with Crippen molar-refractivity contribution in [2.24, 2.45) is 5.73 Å². The van der Waals surface area contributed by atoms with Crippen molar-refractivity contribution in [1.29, 1.82) is 0 Å². The van der Waals surface area contributed by atoms with Crippen LogP contribution in [0.5, 0.6) is 11.5 Å². The number of sulfonamides is 1. The maximum atomic E-state index is 13.9. The van der Waals surface area contributed by atoms with Crippen molar-refractivity contribution in [3.63, 3.8) is 0 Å². The maximum Gasteiger partial charge on any atom is 0.267 e. The van der Waals surface area contributed by atoms with Gasteiger partial charge in [0, 0.05) is 6.07 Å². The average Bonchev–Trinajstić information content (AvgIpc) is 2.69. The van der Waals surface area contributed by atoms with E-state index >= 15 is 0 Å². The number of ether oxygens (including phenoxy) is 2. The van der Waals surface area contributed by atoms with Crippen LogP contribution >= 0.6 is 0 Å².